The van der Waals surface area contributed by atoms with Crippen molar-refractivity contribution in [1.82, 2.24) is 10.2 Å². The first kappa shape index (κ1) is 15.6. The summed E-state index contributed by atoms with van der Waals surface area (Å²) in [5, 5.41) is 18.2. The van der Waals surface area contributed by atoms with Crippen LogP contribution in [0.5, 0.6) is 0 Å². The monoisotopic (exact) mass is 305 g/mol. The molecule has 0 aliphatic heterocycles. The van der Waals surface area contributed by atoms with Gasteiger partial charge in [-0.3, -0.25) is 14.9 Å². The number of carbonyl (C=O) groups is 1. The molecule has 8 heteroatoms. The number of non-ortho nitro benzene ring substituents is 1. The van der Waals surface area contributed by atoms with E-state index < -0.39 is 4.92 Å². The molecule has 1 aromatic heterocycles. The summed E-state index contributed by atoms with van der Waals surface area (Å²) in [5.74, 6) is -0.121. The Morgan fingerprint density at radius 3 is 2.64 bits per heavy atom. The van der Waals surface area contributed by atoms with Gasteiger partial charge in [-0.2, -0.15) is 0 Å². The minimum Gasteiger partial charge on any atom is -0.455 e. The van der Waals surface area contributed by atoms with Gasteiger partial charge in [0.05, 0.1) is 10.8 Å². The highest BCUT2D eigenvalue weighted by Crippen LogP contribution is 2.21. The summed E-state index contributed by atoms with van der Waals surface area (Å²) in [6.07, 6.45) is 0.691. The van der Waals surface area contributed by atoms with Crippen molar-refractivity contribution in [2.75, 3.05) is 0 Å². The molecule has 1 atom stereocenters. The lowest BCUT2D eigenvalue weighted by atomic mass is 10.1. The zero-order chi connectivity index (χ0) is 16.1. The Hall–Kier alpha value is -2.77. The van der Waals surface area contributed by atoms with Gasteiger partial charge < -0.3 is 9.15 Å². The van der Waals surface area contributed by atoms with Crippen molar-refractivity contribution in [1.29, 1.82) is 0 Å². The van der Waals surface area contributed by atoms with Crippen molar-refractivity contribution in [2.45, 2.75) is 26.9 Å². The van der Waals surface area contributed by atoms with Gasteiger partial charge in [0.1, 0.15) is 0 Å². The quantitative estimate of drug-likeness (QED) is 0.458. The standard InChI is InChI=1S/C14H15N3O5/c1-3-9(2)14(18)21-8-12-15-16-13(22-12)10-4-6-11(7-5-10)17(19)20/h4-7,9H,3,8H2,1-2H3/t9-/m0/s1. The van der Waals surface area contributed by atoms with Gasteiger partial charge in [0.2, 0.25) is 5.89 Å². The summed E-state index contributed by atoms with van der Waals surface area (Å²) < 4.78 is 10.4. The number of esters is 1. The molecule has 2 aromatic rings. The van der Waals surface area contributed by atoms with E-state index in [0.717, 1.165) is 0 Å². The van der Waals surface area contributed by atoms with Crippen LogP contribution in [0.3, 0.4) is 0 Å². The van der Waals surface area contributed by atoms with E-state index in [9.17, 15) is 14.9 Å². The summed E-state index contributed by atoms with van der Waals surface area (Å²) in [6.45, 7) is 3.58. The largest absolute Gasteiger partial charge is 0.455 e. The minimum atomic E-state index is -0.489. The van der Waals surface area contributed by atoms with E-state index in [-0.39, 0.29) is 36.0 Å². The Balaban J connectivity index is 2.02. The number of nitro groups is 1. The smallest absolute Gasteiger partial charge is 0.309 e. The number of carbonyl (C=O) groups excluding carboxylic acids is 1. The second-order valence-corrected chi connectivity index (χ2v) is 4.72. The SMILES string of the molecule is CC[C@H](C)C(=O)OCc1nnc(-c2ccc([N+](=O)[O-])cc2)o1. The molecule has 116 valence electrons. The van der Waals surface area contributed by atoms with Crippen molar-refractivity contribution in [3.8, 4) is 11.5 Å². The maximum absolute atomic E-state index is 11.5. The van der Waals surface area contributed by atoms with E-state index in [2.05, 4.69) is 10.2 Å². The van der Waals surface area contributed by atoms with E-state index in [0.29, 0.717) is 12.0 Å². The number of hydrogen-bond acceptors (Lipinski definition) is 7. The van der Waals surface area contributed by atoms with Crippen molar-refractivity contribution < 1.29 is 18.9 Å². The third-order valence-corrected chi connectivity index (χ3v) is 3.14. The Morgan fingerprint density at radius 1 is 1.36 bits per heavy atom. The number of ether oxygens (including phenoxy) is 1. The van der Waals surface area contributed by atoms with E-state index in [1.165, 1.54) is 24.3 Å². The molecule has 0 radical (unpaired) electrons. The normalized spacial score (nSPS) is 11.9. The molecule has 0 saturated carbocycles. The van der Waals surface area contributed by atoms with Crippen molar-refractivity contribution in [2.24, 2.45) is 5.92 Å². The summed E-state index contributed by atoms with van der Waals surface area (Å²) in [6, 6.07) is 5.73. The van der Waals surface area contributed by atoms with Gasteiger partial charge in [-0.1, -0.05) is 13.8 Å². The highest BCUT2D eigenvalue weighted by Gasteiger charge is 2.15. The van der Waals surface area contributed by atoms with Crippen LogP contribution in [0.4, 0.5) is 5.69 Å². The van der Waals surface area contributed by atoms with Gasteiger partial charge in [0.25, 0.3) is 11.6 Å². The van der Waals surface area contributed by atoms with Crippen LogP contribution in [0.2, 0.25) is 0 Å². The van der Waals surface area contributed by atoms with E-state index >= 15 is 0 Å². The molecule has 0 saturated heterocycles. The van der Waals surface area contributed by atoms with Gasteiger partial charge >= 0.3 is 5.97 Å². The van der Waals surface area contributed by atoms with Crippen LogP contribution in [-0.2, 0) is 16.1 Å². The fraction of sp³-hybridized carbons (Fsp3) is 0.357. The lowest BCUT2D eigenvalue weighted by Crippen LogP contribution is -2.13. The fourth-order valence-electron chi connectivity index (χ4n) is 1.60. The molecular formula is C14H15N3O5. The van der Waals surface area contributed by atoms with Gasteiger partial charge in [0, 0.05) is 17.7 Å². The molecule has 1 heterocycles. The van der Waals surface area contributed by atoms with Gasteiger partial charge in [-0.25, -0.2) is 0 Å². The van der Waals surface area contributed by atoms with Crippen LogP contribution < -0.4 is 0 Å². The molecule has 0 amide bonds. The predicted octanol–water partition coefficient (Wildman–Crippen LogP) is 2.73. The zero-order valence-corrected chi connectivity index (χ0v) is 12.2. The molecule has 0 bridgehead atoms. The maximum atomic E-state index is 11.5. The molecule has 0 aliphatic rings. The molecule has 0 aliphatic carbocycles. The number of rotatable bonds is 6. The van der Waals surface area contributed by atoms with Crippen LogP contribution in [0.15, 0.2) is 28.7 Å². The van der Waals surface area contributed by atoms with Crippen molar-refractivity contribution in [3.63, 3.8) is 0 Å². The van der Waals surface area contributed by atoms with Gasteiger partial charge in [-0.05, 0) is 18.6 Å². The Kier molecular flexibility index (Phi) is 4.82. The number of hydrogen-bond donors (Lipinski definition) is 0. The van der Waals surface area contributed by atoms with E-state index in [1.807, 2.05) is 6.92 Å². The van der Waals surface area contributed by atoms with E-state index in [1.54, 1.807) is 6.92 Å². The first-order chi connectivity index (χ1) is 10.5. The van der Waals surface area contributed by atoms with Crippen LogP contribution in [-0.4, -0.2) is 21.1 Å². The highest BCUT2D eigenvalue weighted by atomic mass is 16.6. The summed E-state index contributed by atoms with van der Waals surface area (Å²) in [7, 11) is 0. The summed E-state index contributed by atoms with van der Waals surface area (Å²) in [5.41, 5.74) is 0.531. The third kappa shape index (κ3) is 3.66. The van der Waals surface area contributed by atoms with Gasteiger partial charge in [0.15, 0.2) is 6.61 Å². The maximum Gasteiger partial charge on any atom is 0.309 e. The molecule has 0 fully saturated rings. The minimum absolute atomic E-state index is 0.0222. The first-order valence-electron chi connectivity index (χ1n) is 6.75. The lowest BCUT2D eigenvalue weighted by Gasteiger charge is -2.06. The molecule has 0 spiro atoms. The van der Waals surface area contributed by atoms with Crippen molar-refractivity contribution >= 4 is 11.7 Å². The molecule has 22 heavy (non-hydrogen) atoms. The van der Waals surface area contributed by atoms with E-state index in [4.69, 9.17) is 9.15 Å². The Bertz CT molecular complexity index is 665. The molecular weight excluding hydrogens is 290 g/mol. The fourth-order valence-corrected chi connectivity index (χ4v) is 1.60. The number of nitrogens with zero attached hydrogens (tertiary/aromatic N) is 3. The van der Waals surface area contributed by atoms with Crippen molar-refractivity contribution in [3.05, 3.63) is 40.3 Å². The van der Waals surface area contributed by atoms with Crippen LogP contribution >= 0.6 is 0 Å². The van der Waals surface area contributed by atoms with Crippen LogP contribution in [0.1, 0.15) is 26.2 Å². The average molecular weight is 305 g/mol. The topological polar surface area (TPSA) is 108 Å². The molecule has 2 rings (SSSR count). The first-order valence-corrected chi connectivity index (χ1v) is 6.75. The molecule has 0 unspecified atom stereocenters. The average Bonchev–Trinajstić information content (AvgIpc) is 3.00. The lowest BCUT2D eigenvalue weighted by molar-refractivity contribution is -0.384. The van der Waals surface area contributed by atoms with Gasteiger partial charge in [-0.15, -0.1) is 10.2 Å². The number of benzene rings is 1. The second-order valence-electron chi connectivity index (χ2n) is 4.72. The molecule has 8 nitrogen and oxygen atoms in total. The Morgan fingerprint density at radius 2 is 2.05 bits per heavy atom. The summed E-state index contributed by atoms with van der Waals surface area (Å²) >= 11 is 0. The zero-order valence-electron chi connectivity index (χ0n) is 12.2. The third-order valence-electron chi connectivity index (χ3n) is 3.14. The van der Waals surface area contributed by atoms with Crippen LogP contribution in [0.25, 0.3) is 11.5 Å². The Labute approximate surface area is 126 Å². The number of nitro benzene ring substituents is 1. The number of aromatic nitrogens is 2. The second kappa shape index (κ2) is 6.79. The highest BCUT2D eigenvalue weighted by molar-refractivity contribution is 5.71. The predicted molar refractivity (Wildman–Crippen MR) is 75.6 cm³/mol. The van der Waals surface area contributed by atoms with Crippen LogP contribution in [0, 0.1) is 16.0 Å². The molecule has 0 N–H and O–H groups in total. The summed E-state index contributed by atoms with van der Waals surface area (Å²) in [4.78, 5) is 21.6. The molecule has 1 aromatic carbocycles.